The van der Waals surface area contributed by atoms with Crippen LogP contribution in [0, 0.1) is 0 Å². The molecule has 1 nitrogen and oxygen atoms in total. The molecule has 0 fully saturated rings. The summed E-state index contributed by atoms with van der Waals surface area (Å²) in [5.41, 5.74) is 0.836. The fourth-order valence-electron chi connectivity index (χ4n) is 5.94. The van der Waals surface area contributed by atoms with Crippen molar-refractivity contribution in [3.63, 3.8) is 0 Å². The SMILES string of the molecule is [2H]c1cc2c(-c3cc([2H])c([2H])c([2H])c3[2H])c3cc([2H])c([2H])cc3c(-c3cc4oc5c([2H])c([2H])c6c([2H])c([2H])c([2H])c([2H])c6c5c4c4c([2H])c([2H])ccc34)c2cc1[2H]. The van der Waals surface area contributed by atoms with Crippen molar-refractivity contribution in [2.75, 3.05) is 0 Å². The predicted octanol–water partition coefficient (Wildman–Crippen LogP) is 11.5. The van der Waals surface area contributed by atoms with Crippen molar-refractivity contribution in [2.45, 2.75) is 0 Å². The van der Waals surface area contributed by atoms with Gasteiger partial charge in [0.1, 0.15) is 11.2 Å². The first kappa shape index (κ1) is 12.0. The molecular weight excluding hydrogens is 496 g/mol. The standard InChI is InChI=1S/C40H24O/c1-2-13-26(14-3-1)37-30-18-8-10-20-32(30)38(33-21-11-9-19-31(33)37)34-24-36-40(29-17-7-6-16-28(29)34)39-27-15-5-4-12-25(27)22-23-35(39)41-36/h1-24H/i1D,2D,3D,4D,5D,7D,8D,9D,10D,11D,12D,13D,15D,17D,22D,23D. The van der Waals surface area contributed by atoms with Crippen LogP contribution in [0.2, 0.25) is 0 Å². The first-order valence-corrected chi connectivity index (χ1v) is 12.8. The van der Waals surface area contributed by atoms with Gasteiger partial charge in [0.2, 0.25) is 0 Å². The van der Waals surface area contributed by atoms with E-state index in [9.17, 15) is 1.37 Å². The first-order chi connectivity index (χ1) is 26.9. The van der Waals surface area contributed by atoms with Gasteiger partial charge in [0.15, 0.2) is 0 Å². The van der Waals surface area contributed by atoms with Crippen LogP contribution in [0.15, 0.2) is 150 Å². The van der Waals surface area contributed by atoms with Crippen LogP contribution in [0.1, 0.15) is 21.9 Å². The van der Waals surface area contributed by atoms with E-state index in [4.69, 9.17) is 25.0 Å². The molecule has 0 saturated heterocycles. The van der Waals surface area contributed by atoms with Gasteiger partial charge in [0, 0.05) is 10.8 Å². The Kier molecular flexibility index (Phi) is 2.50. The van der Waals surface area contributed by atoms with Gasteiger partial charge in [-0.1, -0.05) is 133 Å². The van der Waals surface area contributed by atoms with E-state index in [1.54, 1.807) is 12.1 Å². The topological polar surface area (TPSA) is 13.1 Å². The van der Waals surface area contributed by atoms with Crippen LogP contribution >= 0.6 is 0 Å². The number of hydrogen-bond donors (Lipinski definition) is 0. The van der Waals surface area contributed by atoms with Gasteiger partial charge in [0.25, 0.3) is 0 Å². The summed E-state index contributed by atoms with van der Waals surface area (Å²) in [7, 11) is 0. The minimum atomic E-state index is -0.586. The first-order valence-electron chi connectivity index (χ1n) is 20.8. The summed E-state index contributed by atoms with van der Waals surface area (Å²) in [4.78, 5) is 0. The van der Waals surface area contributed by atoms with E-state index >= 15 is 0 Å². The predicted molar refractivity (Wildman–Crippen MR) is 175 cm³/mol. The molecule has 0 aliphatic carbocycles. The highest BCUT2D eigenvalue weighted by molar-refractivity contribution is 6.30. The summed E-state index contributed by atoms with van der Waals surface area (Å²) in [5, 5.41) is 1.60. The third-order valence-corrected chi connectivity index (χ3v) is 7.57. The van der Waals surface area contributed by atoms with Crippen LogP contribution in [-0.2, 0) is 0 Å². The summed E-state index contributed by atoms with van der Waals surface area (Å²) >= 11 is 0. The normalized spacial score (nSPS) is 17.4. The number of benzene rings is 8. The molecule has 9 rings (SSSR count). The number of hydrogen-bond acceptors (Lipinski definition) is 1. The maximum Gasteiger partial charge on any atom is 0.136 e. The van der Waals surface area contributed by atoms with E-state index in [1.807, 2.05) is 0 Å². The zero-order valence-electron chi connectivity index (χ0n) is 37.0. The number of fused-ring (bicyclic) bond motifs is 9. The van der Waals surface area contributed by atoms with Gasteiger partial charge in [-0.25, -0.2) is 0 Å². The Bertz CT molecular complexity index is 3300. The Hall–Kier alpha value is -5.40. The van der Waals surface area contributed by atoms with Crippen molar-refractivity contribution in [2.24, 2.45) is 0 Å². The van der Waals surface area contributed by atoms with Crippen molar-refractivity contribution in [1.82, 2.24) is 0 Å². The summed E-state index contributed by atoms with van der Waals surface area (Å²) in [5.74, 6) is 0. The molecule has 0 radical (unpaired) electrons. The Balaban J connectivity index is 1.57. The van der Waals surface area contributed by atoms with Crippen LogP contribution in [-0.4, -0.2) is 0 Å². The molecule has 0 aliphatic rings. The highest BCUT2D eigenvalue weighted by atomic mass is 16.3. The van der Waals surface area contributed by atoms with Gasteiger partial charge in [-0.15, -0.1) is 0 Å². The van der Waals surface area contributed by atoms with Crippen molar-refractivity contribution in [3.05, 3.63) is 145 Å². The van der Waals surface area contributed by atoms with Gasteiger partial charge in [-0.2, -0.15) is 0 Å². The van der Waals surface area contributed by atoms with Gasteiger partial charge in [-0.05, 0) is 77.5 Å². The molecule has 0 bridgehead atoms. The van der Waals surface area contributed by atoms with Crippen molar-refractivity contribution >= 4 is 65.0 Å². The molecule has 0 spiro atoms. The average molecular weight is 537 g/mol. The molecule has 0 aliphatic heterocycles. The second kappa shape index (κ2) is 8.55. The molecule has 1 aromatic heterocycles. The molecule has 8 aromatic carbocycles. The second-order valence-corrected chi connectivity index (χ2v) is 9.63. The molecular formula is C40H24O. The Morgan fingerprint density at radius 3 is 1.90 bits per heavy atom. The molecule has 0 atom stereocenters. The van der Waals surface area contributed by atoms with E-state index in [2.05, 4.69) is 0 Å². The minimum Gasteiger partial charge on any atom is -0.456 e. The summed E-state index contributed by atoms with van der Waals surface area (Å²) in [6, 6.07) is 5.42. The molecule has 1 heteroatoms. The third kappa shape index (κ3) is 3.18. The molecule has 41 heavy (non-hydrogen) atoms. The highest BCUT2D eigenvalue weighted by Gasteiger charge is 2.21. The van der Waals surface area contributed by atoms with E-state index in [0.29, 0.717) is 27.3 Å². The molecule has 0 amide bonds. The number of furan rings is 1. The third-order valence-electron chi connectivity index (χ3n) is 7.57. The number of rotatable bonds is 2. The molecule has 0 N–H and O–H groups in total. The zero-order chi connectivity index (χ0) is 40.8. The van der Waals surface area contributed by atoms with Crippen molar-refractivity contribution < 1.29 is 26.3 Å². The Labute approximate surface area is 259 Å². The molecule has 9 aromatic rings. The van der Waals surface area contributed by atoms with Crippen LogP contribution in [0.5, 0.6) is 0 Å². The Morgan fingerprint density at radius 2 is 1.10 bits per heavy atom. The van der Waals surface area contributed by atoms with Gasteiger partial charge in [-0.3, -0.25) is 0 Å². The van der Waals surface area contributed by atoms with Gasteiger partial charge >= 0.3 is 0 Å². The van der Waals surface area contributed by atoms with Crippen molar-refractivity contribution in [3.8, 4) is 22.3 Å². The van der Waals surface area contributed by atoms with Crippen LogP contribution in [0.25, 0.3) is 87.3 Å². The lowest BCUT2D eigenvalue weighted by molar-refractivity contribution is 0.669. The quantitative estimate of drug-likeness (QED) is 0.200. The average Bonchev–Trinajstić information content (AvgIpc) is 3.56. The highest BCUT2D eigenvalue weighted by Crippen LogP contribution is 2.48. The van der Waals surface area contributed by atoms with Crippen LogP contribution < -0.4 is 0 Å². The maximum atomic E-state index is 9.25. The lowest BCUT2D eigenvalue weighted by atomic mass is 9.84. The van der Waals surface area contributed by atoms with E-state index in [1.165, 1.54) is 36.4 Å². The fraction of sp³-hybridized carbons (Fsp3) is 0. The minimum absolute atomic E-state index is 0.0355. The molecule has 1 heterocycles. The maximum absolute atomic E-state index is 9.25. The van der Waals surface area contributed by atoms with Crippen molar-refractivity contribution in [1.29, 1.82) is 0 Å². The Morgan fingerprint density at radius 1 is 0.439 bits per heavy atom. The molecule has 190 valence electrons. The van der Waals surface area contributed by atoms with E-state index in [0.717, 1.165) is 0 Å². The van der Waals surface area contributed by atoms with Gasteiger partial charge < -0.3 is 4.42 Å². The van der Waals surface area contributed by atoms with E-state index < -0.39 is 48.3 Å². The molecule has 0 unspecified atom stereocenters. The summed E-state index contributed by atoms with van der Waals surface area (Å²) < 4.78 is 145. The fourth-order valence-corrected chi connectivity index (χ4v) is 5.94. The summed E-state index contributed by atoms with van der Waals surface area (Å²) in [6.45, 7) is 0. The van der Waals surface area contributed by atoms with Crippen LogP contribution in [0.3, 0.4) is 0 Å². The smallest absolute Gasteiger partial charge is 0.136 e. The van der Waals surface area contributed by atoms with E-state index in [-0.39, 0.29) is 108 Å². The monoisotopic (exact) mass is 536 g/mol. The zero-order valence-corrected chi connectivity index (χ0v) is 21.0. The second-order valence-electron chi connectivity index (χ2n) is 9.63. The summed E-state index contributed by atoms with van der Waals surface area (Å²) in [6.07, 6.45) is 0. The lowest BCUT2D eigenvalue weighted by Gasteiger charge is -2.19. The lowest BCUT2D eigenvalue weighted by Crippen LogP contribution is -1.91. The largest absolute Gasteiger partial charge is 0.456 e. The molecule has 0 saturated carbocycles. The van der Waals surface area contributed by atoms with Crippen LogP contribution in [0.4, 0.5) is 0 Å². The van der Waals surface area contributed by atoms with Gasteiger partial charge in [0.05, 0.1) is 21.9 Å².